The highest BCUT2D eigenvalue weighted by molar-refractivity contribution is 6.08. The van der Waals surface area contributed by atoms with Crippen molar-refractivity contribution in [1.82, 2.24) is 9.88 Å². The van der Waals surface area contributed by atoms with Crippen LogP contribution in [0.25, 0.3) is 0 Å². The lowest BCUT2D eigenvalue weighted by molar-refractivity contribution is -0.128. The number of nitrogens with one attached hydrogen (secondary N) is 3. The van der Waals surface area contributed by atoms with Gasteiger partial charge in [0.15, 0.2) is 0 Å². The lowest BCUT2D eigenvalue weighted by Crippen LogP contribution is -2.57. The maximum Gasteiger partial charge on any atom is 0.249 e. The van der Waals surface area contributed by atoms with Gasteiger partial charge in [0.25, 0.3) is 0 Å². The topological polar surface area (TPSA) is 93.1 Å². The second-order valence-electron chi connectivity index (χ2n) is 8.06. The van der Waals surface area contributed by atoms with Gasteiger partial charge < -0.3 is 16.0 Å². The van der Waals surface area contributed by atoms with Crippen molar-refractivity contribution < 1.29 is 13.6 Å². The zero-order chi connectivity index (χ0) is 22.2. The number of aromatic nitrogens is 1. The summed E-state index contributed by atoms with van der Waals surface area (Å²) in [5, 5.41) is 18.1. The van der Waals surface area contributed by atoms with E-state index in [0.717, 1.165) is 0 Å². The van der Waals surface area contributed by atoms with Crippen LogP contribution in [0.3, 0.4) is 0 Å². The van der Waals surface area contributed by atoms with Crippen molar-refractivity contribution >= 4 is 23.0 Å². The number of hydrogen-bond acceptors (Lipinski definition) is 6. The number of fused-ring (bicyclic) bond motifs is 1. The first kappa shape index (κ1) is 21.0. The number of carbonyl (C=O) groups is 1. The van der Waals surface area contributed by atoms with Crippen LogP contribution in [0, 0.1) is 17.1 Å². The molecule has 1 amide bonds. The summed E-state index contributed by atoms with van der Waals surface area (Å²) in [6, 6.07) is 7.68. The Labute approximate surface area is 179 Å². The number of amides is 1. The minimum Gasteiger partial charge on any atom is -0.384 e. The third kappa shape index (κ3) is 3.79. The Kier molecular flexibility index (Phi) is 5.50. The SMILES string of the molecule is CCNc1cc(F)cc2c1NC(=O)C2(C)N1C[C@@H](F)C[C@@H](Nc2ccc(C#N)nc2)C1. The quantitative estimate of drug-likeness (QED) is 0.680. The molecule has 0 spiro atoms. The molecule has 31 heavy (non-hydrogen) atoms. The molecule has 0 aliphatic carbocycles. The third-order valence-electron chi connectivity index (χ3n) is 5.96. The van der Waals surface area contributed by atoms with Gasteiger partial charge in [0, 0.05) is 37.7 Å². The molecule has 3 atom stereocenters. The van der Waals surface area contributed by atoms with E-state index in [2.05, 4.69) is 20.9 Å². The van der Waals surface area contributed by atoms with Crippen molar-refractivity contribution in [2.45, 2.75) is 38.0 Å². The number of hydrogen-bond donors (Lipinski definition) is 3. The van der Waals surface area contributed by atoms with Crippen molar-refractivity contribution in [3.63, 3.8) is 0 Å². The van der Waals surface area contributed by atoms with E-state index in [1.165, 1.54) is 18.3 Å². The Morgan fingerprint density at radius 1 is 1.39 bits per heavy atom. The normalized spacial score (nSPS) is 25.5. The maximum atomic E-state index is 14.8. The molecule has 9 heteroatoms. The molecule has 1 saturated heterocycles. The summed E-state index contributed by atoms with van der Waals surface area (Å²) in [6.07, 6.45) is 0.641. The van der Waals surface area contributed by atoms with E-state index in [1.54, 1.807) is 24.0 Å². The van der Waals surface area contributed by atoms with Crippen LogP contribution in [-0.2, 0) is 10.3 Å². The Balaban J connectivity index is 1.62. The van der Waals surface area contributed by atoms with E-state index in [4.69, 9.17) is 5.26 Å². The van der Waals surface area contributed by atoms with E-state index in [0.29, 0.717) is 41.4 Å². The average molecular weight is 426 g/mol. The van der Waals surface area contributed by atoms with E-state index >= 15 is 0 Å². The van der Waals surface area contributed by atoms with Gasteiger partial charge >= 0.3 is 0 Å². The highest BCUT2D eigenvalue weighted by Crippen LogP contribution is 2.45. The van der Waals surface area contributed by atoms with Crippen LogP contribution in [-0.4, -0.2) is 47.6 Å². The summed E-state index contributed by atoms with van der Waals surface area (Å²) in [5.74, 6) is -0.760. The molecule has 1 aromatic carbocycles. The van der Waals surface area contributed by atoms with Crippen LogP contribution < -0.4 is 16.0 Å². The van der Waals surface area contributed by atoms with Crippen molar-refractivity contribution in [2.24, 2.45) is 0 Å². The number of rotatable bonds is 5. The number of piperidine rings is 1. The summed E-state index contributed by atoms with van der Waals surface area (Å²) < 4.78 is 29.1. The number of benzene rings is 1. The van der Waals surface area contributed by atoms with Crippen molar-refractivity contribution in [2.75, 3.05) is 35.6 Å². The van der Waals surface area contributed by atoms with Crippen LogP contribution in [0.2, 0.25) is 0 Å². The van der Waals surface area contributed by atoms with E-state index < -0.39 is 17.5 Å². The number of halogens is 2. The molecule has 1 aromatic heterocycles. The highest BCUT2D eigenvalue weighted by Gasteiger charge is 2.50. The molecule has 1 unspecified atom stereocenters. The summed E-state index contributed by atoms with van der Waals surface area (Å²) in [4.78, 5) is 18.9. The Morgan fingerprint density at radius 3 is 2.87 bits per heavy atom. The molecule has 2 aromatic rings. The Morgan fingerprint density at radius 2 is 2.19 bits per heavy atom. The fraction of sp³-hybridized carbons (Fsp3) is 0.409. The van der Waals surface area contributed by atoms with Crippen molar-refractivity contribution in [3.05, 3.63) is 47.5 Å². The van der Waals surface area contributed by atoms with Gasteiger partial charge in [0.2, 0.25) is 5.91 Å². The highest BCUT2D eigenvalue weighted by atomic mass is 19.1. The second-order valence-corrected chi connectivity index (χ2v) is 8.06. The smallest absolute Gasteiger partial charge is 0.249 e. The number of carbonyl (C=O) groups excluding carboxylic acids is 1. The lowest BCUT2D eigenvalue weighted by Gasteiger charge is -2.43. The van der Waals surface area contributed by atoms with E-state index in [-0.39, 0.29) is 24.9 Å². The molecule has 0 radical (unpaired) electrons. The van der Waals surface area contributed by atoms with Gasteiger partial charge in [-0.05, 0) is 38.1 Å². The molecule has 2 aliphatic heterocycles. The second kappa shape index (κ2) is 8.12. The summed E-state index contributed by atoms with van der Waals surface area (Å²) in [6.45, 7) is 4.63. The van der Waals surface area contributed by atoms with Crippen LogP contribution >= 0.6 is 0 Å². The summed E-state index contributed by atoms with van der Waals surface area (Å²) in [7, 11) is 0. The van der Waals surface area contributed by atoms with Crippen LogP contribution in [0.1, 0.15) is 31.5 Å². The first-order chi connectivity index (χ1) is 14.8. The number of anilines is 3. The molecule has 0 saturated carbocycles. The van der Waals surface area contributed by atoms with Gasteiger partial charge in [0.05, 0.1) is 23.3 Å². The summed E-state index contributed by atoms with van der Waals surface area (Å²) in [5.41, 5.74) is 1.32. The van der Waals surface area contributed by atoms with Gasteiger partial charge in [-0.3, -0.25) is 9.69 Å². The number of nitrogens with zero attached hydrogens (tertiary/aromatic N) is 3. The number of likely N-dealkylation sites (tertiary alicyclic amines) is 1. The number of alkyl halides is 1. The first-order valence-electron chi connectivity index (χ1n) is 10.3. The van der Waals surface area contributed by atoms with Crippen LogP contribution in [0.15, 0.2) is 30.5 Å². The van der Waals surface area contributed by atoms with Crippen molar-refractivity contribution in [3.8, 4) is 6.07 Å². The van der Waals surface area contributed by atoms with Crippen LogP contribution in [0.5, 0.6) is 0 Å². The lowest BCUT2D eigenvalue weighted by atomic mass is 9.87. The standard InChI is InChI=1S/C22H24F2N6O/c1-3-26-19-8-13(23)7-18-20(19)29-21(31)22(18,2)30-11-14(24)6-17(12-30)28-16-5-4-15(9-25)27-10-16/h4-5,7-8,10,14,17,26,28H,3,6,11-12H2,1-2H3,(H,29,31)/t14-,17+,22?/m0/s1. The Hall–Kier alpha value is -3.25. The first-order valence-corrected chi connectivity index (χ1v) is 10.3. The summed E-state index contributed by atoms with van der Waals surface area (Å²) >= 11 is 0. The van der Waals surface area contributed by atoms with Gasteiger partial charge in [-0.25, -0.2) is 13.8 Å². The monoisotopic (exact) mass is 426 g/mol. The van der Waals surface area contributed by atoms with Gasteiger partial charge in [-0.2, -0.15) is 5.26 Å². The molecule has 7 nitrogen and oxygen atoms in total. The number of pyridine rings is 1. The minimum absolute atomic E-state index is 0.0697. The third-order valence-corrected chi connectivity index (χ3v) is 5.96. The molecule has 3 heterocycles. The fourth-order valence-electron chi connectivity index (χ4n) is 4.42. The largest absolute Gasteiger partial charge is 0.384 e. The molecule has 2 aliphatic rings. The zero-order valence-electron chi connectivity index (χ0n) is 17.4. The molecule has 162 valence electrons. The maximum absolute atomic E-state index is 14.8. The zero-order valence-corrected chi connectivity index (χ0v) is 17.4. The van der Waals surface area contributed by atoms with Gasteiger partial charge in [-0.15, -0.1) is 0 Å². The average Bonchev–Trinajstić information content (AvgIpc) is 3.00. The van der Waals surface area contributed by atoms with Crippen LogP contribution in [0.4, 0.5) is 25.8 Å². The molecule has 4 rings (SSSR count). The van der Waals surface area contributed by atoms with Gasteiger partial charge in [0.1, 0.15) is 29.3 Å². The Bertz CT molecular complexity index is 1040. The predicted molar refractivity (Wildman–Crippen MR) is 114 cm³/mol. The minimum atomic E-state index is -1.20. The van der Waals surface area contributed by atoms with Crippen molar-refractivity contribution in [1.29, 1.82) is 5.26 Å². The van der Waals surface area contributed by atoms with Gasteiger partial charge in [-0.1, -0.05) is 0 Å². The molecule has 3 N–H and O–H groups in total. The molecule has 1 fully saturated rings. The fourth-order valence-corrected chi connectivity index (χ4v) is 4.42. The molecule has 0 bridgehead atoms. The van der Waals surface area contributed by atoms with E-state index in [1.807, 2.05) is 13.0 Å². The predicted octanol–water partition coefficient (Wildman–Crippen LogP) is 3.22. The molecular weight excluding hydrogens is 402 g/mol. The van der Waals surface area contributed by atoms with E-state index in [9.17, 15) is 13.6 Å². The number of nitriles is 1. The molecular formula is C22H24F2N6O.